The van der Waals surface area contributed by atoms with E-state index in [9.17, 15) is 0 Å². The Kier molecular flexibility index (Phi) is 5.49. The summed E-state index contributed by atoms with van der Waals surface area (Å²) >= 11 is 0. The summed E-state index contributed by atoms with van der Waals surface area (Å²) in [5.74, 6) is 0.578. The van der Waals surface area contributed by atoms with Crippen LogP contribution in [0.2, 0.25) is 0 Å². The van der Waals surface area contributed by atoms with Gasteiger partial charge in [0.2, 0.25) is 0 Å². The van der Waals surface area contributed by atoms with Crippen molar-refractivity contribution in [1.82, 2.24) is 0 Å². The average Bonchev–Trinajstić information content (AvgIpc) is 2.35. The summed E-state index contributed by atoms with van der Waals surface area (Å²) in [6, 6.07) is 8.94. The Labute approximate surface area is 106 Å². The van der Waals surface area contributed by atoms with Crippen molar-refractivity contribution >= 4 is 5.69 Å². The van der Waals surface area contributed by atoms with Crippen LogP contribution in [0, 0.1) is 12.8 Å². The quantitative estimate of drug-likeness (QED) is 0.819. The lowest BCUT2D eigenvalue weighted by Gasteiger charge is -2.29. The Morgan fingerprint density at radius 3 is 2.24 bits per heavy atom. The fraction of sp³-hybridized carbons (Fsp3) is 0.600. The Bertz CT molecular complexity index is 318. The predicted molar refractivity (Wildman–Crippen MR) is 76.5 cm³/mol. The van der Waals surface area contributed by atoms with E-state index in [0.29, 0.717) is 5.92 Å². The molecule has 1 aromatic rings. The molecule has 1 unspecified atom stereocenters. The van der Waals surface area contributed by atoms with Crippen LogP contribution >= 0.6 is 0 Å². The van der Waals surface area contributed by atoms with E-state index in [1.165, 1.54) is 11.3 Å². The number of aryl methyl sites for hydroxylation is 1. The van der Waals surface area contributed by atoms with Crippen molar-refractivity contribution in [3.05, 3.63) is 29.8 Å². The molecule has 1 aromatic carbocycles. The molecule has 0 aromatic heterocycles. The van der Waals surface area contributed by atoms with Gasteiger partial charge in [-0.3, -0.25) is 0 Å². The van der Waals surface area contributed by atoms with Crippen LogP contribution in [0.5, 0.6) is 0 Å². The van der Waals surface area contributed by atoms with Gasteiger partial charge in [-0.25, -0.2) is 0 Å². The molecule has 2 heteroatoms. The number of benzene rings is 1. The Hall–Kier alpha value is -1.02. The summed E-state index contributed by atoms with van der Waals surface area (Å²) < 4.78 is 0. The SMILES string of the molecule is CCC(C)[C@H](N)CN(CC)c1ccc(C)cc1. The molecular weight excluding hydrogens is 208 g/mol. The predicted octanol–water partition coefficient (Wildman–Crippen LogP) is 3.19. The molecule has 0 aliphatic carbocycles. The van der Waals surface area contributed by atoms with Crippen molar-refractivity contribution in [2.75, 3.05) is 18.0 Å². The number of nitrogens with two attached hydrogens (primary N) is 1. The molecule has 17 heavy (non-hydrogen) atoms. The van der Waals surface area contributed by atoms with E-state index >= 15 is 0 Å². The number of rotatable bonds is 6. The van der Waals surface area contributed by atoms with Gasteiger partial charge in [0.05, 0.1) is 0 Å². The van der Waals surface area contributed by atoms with Crippen LogP contribution in [0.3, 0.4) is 0 Å². The molecule has 0 bridgehead atoms. The second-order valence-corrected chi connectivity index (χ2v) is 4.92. The lowest BCUT2D eigenvalue weighted by atomic mass is 9.99. The standard InChI is InChI=1S/C15H26N2/c1-5-13(4)15(16)11-17(6-2)14-9-7-12(3)8-10-14/h7-10,13,15H,5-6,11,16H2,1-4H3/t13?,15-/m1/s1. The van der Waals surface area contributed by atoms with Crippen molar-refractivity contribution < 1.29 is 0 Å². The summed E-state index contributed by atoms with van der Waals surface area (Å²) in [5.41, 5.74) is 8.81. The molecule has 2 atom stereocenters. The maximum absolute atomic E-state index is 6.23. The second-order valence-electron chi connectivity index (χ2n) is 4.92. The van der Waals surface area contributed by atoms with Gasteiger partial charge in [0, 0.05) is 24.8 Å². The van der Waals surface area contributed by atoms with Crippen molar-refractivity contribution in [3.8, 4) is 0 Å². The first kappa shape index (κ1) is 14.0. The average molecular weight is 234 g/mol. The third-order valence-corrected chi connectivity index (χ3v) is 3.59. The van der Waals surface area contributed by atoms with Crippen LogP contribution in [0.4, 0.5) is 5.69 Å². The topological polar surface area (TPSA) is 29.3 Å². The molecule has 0 fully saturated rings. The maximum atomic E-state index is 6.23. The molecule has 0 aliphatic rings. The zero-order chi connectivity index (χ0) is 12.8. The Morgan fingerprint density at radius 2 is 1.76 bits per heavy atom. The first-order valence-electron chi connectivity index (χ1n) is 6.65. The zero-order valence-corrected chi connectivity index (χ0v) is 11.6. The molecular formula is C15H26N2. The van der Waals surface area contributed by atoms with Crippen LogP contribution in [0.25, 0.3) is 0 Å². The smallest absolute Gasteiger partial charge is 0.0366 e. The van der Waals surface area contributed by atoms with E-state index in [4.69, 9.17) is 5.73 Å². The fourth-order valence-corrected chi connectivity index (χ4v) is 1.91. The summed E-state index contributed by atoms with van der Waals surface area (Å²) in [4.78, 5) is 2.36. The molecule has 2 N–H and O–H groups in total. The maximum Gasteiger partial charge on any atom is 0.0366 e. The Morgan fingerprint density at radius 1 is 1.18 bits per heavy atom. The third-order valence-electron chi connectivity index (χ3n) is 3.59. The molecule has 0 saturated carbocycles. The highest BCUT2D eigenvalue weighted by Crippen LogP contribution is 2.16. The number of hydrogen-bond acceptors (Lipinski definition) is 2. The Balaban J connectivity index is 2.68. The normalized spacial score (nSPS) is 14.4. The van der Waals surface area contributed by atoms with Crippen molar-refractivity contribution in [2.24, 2.45) is 11.7 Å². The number of anilines is 1. The van der Waals surface area contributed by atoms with Gasteiger partial charge in [-0.05, 0) is 31.9 Å². The minimum Gasteiger partial charge on any atom is -0.370 e. The minimum absolute atomic E-state index is 0.251. The molecule has 0 amide bonds. The van der Waals surface area contributed by atoms with E-state index < -0.39 is 0 Å². The molecule has 0 aliphatic heterocycles. The van der Waals surface area contributed by atoms with E-state index in [1.807, 2.05) is 0 Å². The van der Waals surface area contributed by atoms with Crippen LogP contribution in [0.15, 0.2) is 24.3 Å². The number of nitrogens with zero attached hydrogens (tertiary/aromatic N) is 1. The van der Waals surface area contributed by atoms with Gasteiger partial charge in [0.25, 0.3) is 0 Å². The van der Waals surface area contributed by atoms with Gasteiger partial charge in [0.1, 0.15) is 0 Å². The van der Waals surface area contributed by atoms with Crippen LogP contribution in [-0.2, 0) is 0 Å². The largest absolute Gasteiger partial charge is 0.370 e. The van der Waals surface area contributed by atoms with Gasteiger partial charge in [-0.1, -0.05) is 38.0 Å². The lowest BCUT2D eigenvalue weighted by molar-refractivity contribution is 0.440. The summed E-state index contributed by atoms with van der Waals surface area (Å²) in [6.07, 6.45) is 1.15. The first-order chi connectivity index (χ1) is 8.08. The number of likely N-dealkylation sites (N-methyl/N-ethyl adjacent to an activating group) is 1. The van der Waals surface area contributed by atoms with Crippen molar-refractivity contribution in [3.63, 3.8) is 0 Å². The van der Waals surface area contributed by atoms with Gasteiger partial charge in [0.15, 0.2) is 0 Å². The van der Waals surface area contributed by atoms with Crippen LogP contribution in [-0.4, -0.2) is 19.1 Å². The van der Waals surface area contributed by atoms with Gasteiger partial charge < -0.3 is 10.6 Å². The van der Waals surface area contributed by atoms with Crippen LogP contribution < -0.4 is 10.6 Å². The highest BCUT2D eigenvalue weighted by Gasteiger charge is 2.14. The second kappa shape index (κ2) is 6.65. The van der Waals surface area contributed by atoms with E-state index in [2.05, 4.69) is 56.9 Å². The lowest BCUT2D eigenvalue weighted by Crippen LogP contribution is -2.41. The zero-order valence-electron chi connectivity index (χ0n) is 11.6. The molecule has 0 saturated heterocycles. The summed E-state index contributed by atoms with van der Waals surface area (Å²) in [7, 11) is 0. The molecule has 2 nitrogen and oxygen atoms in total. The molecule has 0 heterocycles. The minimum atomic E-state index is 0.251. The summed E-state index contributed by atoms with van der Waals surface area (Å²) in [6.45, 7) is 10.7. The van der Waals surface area contributed by atoms with E-state index in [1.54, 1.807) is 0 Å². The fourth-order valence-electron chi connectivity index (χ4n) is 1.91. The van der Waals surface area contributed by atoms with E-state index in [0.717, 1.165) is 19.5 Å². The van der Waals surface area contributed by atoms with Crippen molar-refractivity contribution in [2.45, 2.75) is 40.2 Å². The molecule has 96 valence electrons. The van der Waals surface area contributed by atoms with E-state index in [-0.39, 0.29) is 6.04 Å². The number of hydrogen-bond donors (Lipinski definition) is 1. The highest BCUT2D eigenvalue weighted by atomic mass is 15.1. The molecule has 1 rings (SSSR count). The highest BCUT2D eigenvalue weighted by molar-refractivity contribution is 5.47. The van der Waals surface area contributed by atoms with Gasteiger partial charge in [-0.2, -0.15) is 0 Å². The summed E-state index contributed by atoms with van der Waals surface area (Å²) in [5, 5.41) is 0. The molecule has 0 radical (unpaired) electrons. The van der Waals surface area contributed by atoms with Gasteiger partial charge >= 0.3 is 0 Å². The molecule has 0 spiro atoms. The third kappa shape index (κ3) is 4.04. The van der Waals surface area contributed by atoms with Crippen LogP contribution in [0.1, 0.15) is 32.8 Å². The monoisotopic (exact) mass is 234 g/mol. The van der Waals surface area contributed by atoms with Gasteiger partial charge in [-0.15, -0.1) is 0 Å². The van der Waals surface area contributed by atoms with Crippen molar-refractivity contribution in [1.29, 1.82) is 0 Å². The first-order valence-corrected chi connectivity index (χ1v) is 6.65.